The van der Waals surface area contributed by atoms with Crippen LogP contribution in [0.2, 0.25) is 0 Å². The molecule has 1 amide bonds. The van der Waals surface area contributed by atoms with Gasteiger partial charge in [-0.25, -0.2) is 4.79 Å². The molecule has 2 aromatic carbocycles. The smallest absolute Gasteiger partial charge is 0.337 e. The van der Waals surface area contributed by atoms with Crippen LogP contribution >= 0.6 is 0 Å². The summed E-state index contributed by atoms with van der Waals surface area (Å²) in [6.07, 6.45) is 0.153. The van der Waals surface area contributed by atoms with E-state index in [1.54, 1.807) is 0 Å². The number of phenols is 1. The third kappa shape index (κ3) is 3.82. The minimum absolute atomic E-state index is 0.146. The van der Waals surface area contributed by atoms with Crippen LogP contribution < -0.4 is 5.32 Å². The predicted molar refractivity (Wildman–Crippen MR) is 78.6 cm³/mol. The van der Waals surface area contributed by atoms with Gasteiger partial charge < -0.3 is 15.5 Å². The maximum absolute atomic E-state index is 12.0. The molecule has 5 nitrogen and oxygen atoms in total. The molecule has 0 spiro atoms. The number of aromatic carboxylic acids is 1. The van der Waals surface area contributed by atoms with E-state index in [-0.39, 0.29) is 29.3 Å². The Hall–Kier alpha value is -2.82. The van der Waals surface area contributed by atoms with Gasteiger partial charge in [-0.05, 0) is 30.7 Å². The van der Waals surface area contributed by atoms with Gasteiger partial charge in [0, 0.05) is 0 Å². The zero-order chi connectivity index (χ0) is 15.4. The lowest BCUT2D eigenvalue weighted by Crippen LogP contribution is -2.16. The standard InChI is InChI=1S/C16H15NO4/c1-10-2-4-11(5-3-10)8-15(19)17-14-7-6-12(18)9-13(14)16(20)21/h2-7,9,18H,8H2,1H3,(H,17,19)(H,20,21). The number of benzene rings is 2. The SMILES string of the molecule is Cc1ccc(CC(=O)Nc2ccc(O)cc2C(=O)O)cc1. The van der Waals surface area contributed by atoms with Crippen LogP contribution in [-0.4, -0.2) is 22.1 Å². The van der Waals surface area contributed by atoms with E-state index in [9.17, 15) is 14.7 Å². The van der Waals surface area contributed by atoms with Crippen molar-refractivity contribution in [3.8, 4) is 5.75 Å². The van der Waals surface area contributed by atoms with Crippen LogP contribution in [0.3, 0.4) is 0 Å². The number of carbonyl (C=O) groups excluding carboxylic acids is 1. The molecule has 0 unspecified atom stereocenters. The molecule has 0 aliphatic rings. The number of amides is 1. The Morgan fingerprint density at radius 1 is 1.10 bits per heavy atom. The van der Waals surface area contributed by atoms with Crippen LogP contribution in [0.25, 0.3) is 0 Å². The molecule has 0 radical (unpaired) electrons. The van der Waals surface area contributed by atoms with Crippen molar-refractivity contribution in [2.75, 3.05) is 5.32 Å². The van der Waals surface area contributed by atoms with E-state index in [0.717, 1.165) is 17.2 Å². The van der Waals surface area contributed by atoms with E-state index >= 15 is 0 Å². The maximum Gasteiger partial charge on any atom is 0.337 e. The summed E-state index contributed by atoms with van der Waals surface area (Å²) in [6, 6.07) is 11.3. The van der Waals surface area contributed by atoms with Crippen LogP contribution in [0, 0.1) is 6.92 Å². The number of hydrogen-bond acceptors (Lipinski definition) is 3. The number of hydrogen-bond donors (Lipinski definition) is 3. The minimum atomic E-state index is -1.21. The highest BCUT2D eigenvalue weighted by molar-refractivity contribution is 6.01. The first-order chi connectivity index (χ1) is 9.95. The van der Waals surface area contributed by atoms with Crippen LogP contribution in [0.1, 0.15) is 21.5 Å². The van der Waals surface area contributed by atoms with E-state index in [1.165, 1.54) is 12.1 Å². The molecule has 0 bridgehead atoms. The molecule has 0 heterocycles. The highest BCUT2D eigenvalue weighted by Gasteiger charge is 2.13. The third-order valence-electron chi connectivity index (χ3n) is 2.99. The number of nitrogens with one attached hydrogen (secondary N) is 1. The second kappa shape index (κ2) is 6.09. The monoisotopic (exact) mass is 285 g/mol. The van der Waals surface area contributed by atoms with Crippen LogP contribution in [0.15, 0.2) is 42.5 Å². The van der Waals surface area contributed by atoms with E-state index in [4.69, 9.17) is 5.11 Å². The number of aromatic hydroxyl groups is 1. The topological polar surface area (TPSA) is 86.6 Å². The lowest BCUT2D eigenvalue weighted by molar-refractivity contribution is -0.115. The van der Waals surface area contributed by atoms with E-state index in [0.29, 0.717) is 0 Å². The van der Waals surface area contributed by atoms with Crippen molar-refractivity contribution in [2.45, 2.75) is 13.3 Å². The average molecular weight is 285 g/mol. The Labute approximate surface area is 121 Å². The van der Waals surface area contributed by atoms with Gasteiger partial charge in [0.2, 0.25) is 5.91 Å². The summed E-state index contributed by atoms with van der Waals surface area (Å²) in [5.74, 6) is -1.69. The average Bonchev–Trinajstić information content (AvgIpc) is 2.43. The summed E-state index contributed by atoms with van der Waals surface area (Å²) in [5, 5.41) is 20.9. The van der Waals surface area contributed by atoms with Crippen LogP contribution in [0.5, 0.6) is 5.75 Å². The molecular formula is C16H15NO4. The largest absolute Gasteiger partial charge is 0.508 e. The van der Waals surface area contributed by atoms with Gasteiger partial charge in [-0.15, -0.1) is 0 Å². The Balaban J connectivity index is 2.12. The summed E-state index contributed by atoms with van der Waals surface area (Å²) in [5.41, 5.74) is 1.96. The maximum atomic E-state index is 12.0. The van der Waals surface area contributed by atoms with Crippen LogP contribution in [0.4, 0.5) is 5.69 Å². The first-order valence-corrected chi connectivity index (χ1v) is 6.37. The van der Waals surface area contributed by atoms with Crippen molar-refractivity contribution in [3.63, 3.8) is 0 Å². The van der Waals surface area contributed by atoms with Gasteiger partial charge in [-0.1, -0.05) is 29.8 Å². The molecule has 5 heteroatoms. The first kappa shape index (κ1) is 14.6. The van der Waals surface area contributed by atoms with Gasteiger partial charge in [0.25, 0.3) is 0 Å². The molecule has 0 aromatic heterocycles. The molecule has 2 aromatic rings. The lowest BCUT2D eigenvalue weighted by Gasteiger charge is -2.09. The molecule has 3 N–H and O–H groups in total. The summed E-state index contributed by atoms with van der Waals surface area (Å²) >= 11 is 0. The second-order valence-corrected chi connectivity index (χ2v) is 4.75. The Morgan fingerprint density at radius 3 is 2.38 bits per heavy atom. The van der Waals surface area contributed by atoms with E-state index in [1.807, 2.05) is 31.2 Å². The summed E-state index contributed by atoms with van der Waals surface area (Å²) in [7, 11) is 0. The zero-order valence-corrected chi connectivity index (χ0v) is 11.5. The number of phenolic OH excluding ortho intramolecular Hbond substituents is 1. The molecule has 0 saturated heterocycles. The molecule has 108 valence electrons. The van der Waals surface area contributed by atoms with Crippen molar-refractivity contribution in [2.24, 2.45) is 0 Å². The van der Waals surface area contributed by atoms with Gasteiger partial charge in [-0.2, -0.15) is 0 Å². The summed E-state index contributed by atoms with van der Waals surface area (Å²) < 4.78 is 0. The molecule has 0 fully saturated rings. The molecule has 0 saturated carbocycles. The molecule has 0 aliphatic heterocycles. The fraction of sp³-hybridized carbons (Fsp3) is 0.125. The number of anilines is 1. The van der Waals surface area contributed by atoms with Gasteiger partial charge in [0.1, 0.15) is 5.75 Å². The molecule has 0 aliphatic carbocycles. The van der Waals surface area contributed by atoms with Crippen molar-refractivity contribution < 1.29 is 19.8 Å². The molecular weight excluding hydrogens is 270 g/mol. The van der Waals surface area contributed by atoms with Gasteiger partial charge in [-0.3, -0.25) is 4.79 Å². The van der Waals surface area contributed by atoms with Crippen molar-refractivity contribution in [1.29, 1.82) is 0 Å². The Morgan fingerprint density at radius 2 is 1.76 bits per heavy atom. The fourth-order valence-electron chi connectivity index (χ4n) is 1.90. The number of carboxylic acids is 1. The lowest BCUT2D eigenvalue weighted by atomic mass is 10.1. The van der Waals surface area contributed by atoms with Crippen molar-refractivity contribution in [3.05, 3.63) is 59.2 Å². The highest BCUT2D eigenvalue weighted by Crippen LogP contribution is 2.21. The zero-order valence-electron chi connectivity index (χ0n) is 11.5. The second-order valence-electron chi connectivity index (χ2n) is 4.75. The molecule has 0 atom stereocenters. The minimum Gasteiger partial charge on any atom is -0.508 e. The number of carboxylic acid groups (broad SMARTS) is 1. The predicted octanol–water partition coefficient (Wildman–Crippen LogP) is 2.58. The summed E-state index contributed by atoms with van der Waals surface area (Å²) in [4.78, 5) is 23.0. The Kier molecular flexibility index (Phi) is 4.23. The third-order valence-corrected chi connectivity index (χ3v) is 2.99. The van der Waals surface area contributed by atoms with Gasteiger partial charge in [0.05, 0.1) is 17.7 Å². The highest BCUT2D eigenvalue weighted by atomic mass is 16.4. The number of rotatable bonds is 4. The number of carbonyl (C=O) groups is 2. The molecule has 2 rings (SSSR count). The van der Waals surface area contributed by atoms with Gasteiger partial charge >= 0.3 is 5.97 Å². The fourth-order valence-corrected chi connectivity index (χ4v) is 1.90. The normalized spacial score (nSPS) is 10.1. The first-order valence-electron chi connectivity index (χ1n) is 6.37. The number of aryl methyl sites for hydroxylation is 1. The van der Waals surface area contributed by atoms with Crippen LogP contribution in [-0.2, 0) is 11.2 Å². The van der Waals surface area contributed by atoms with Crippen molar-refractivity contribution in [1.82, 2.24) is 0 Å². The summed E-state index contributed by atoms with van der Waals surface area (Å²) in [6.45, 7) is 1.96. The quantitative estimate of drug-likeness (QED) is 0.753. The Bertz CT molecular complexity index is 677. The molecule has 21 heavy (non-hydrogen) atoms. The van der Waals surface area contributed by atoms with Crippen molar-refractivity contribution >= 4 is 17.6 Å². The van der Waals surface area contributed by atoms with Gasteiger partial charge in [0.15, 0.2) is 0 Å². The van der Waals surface area contributed by atoms with E-state index < -0.39 is 5.97 Å². The van der Waals surface area contributed by atoms with E-state index in [2.05, 4.69) is 5.32 Å².